The summed E-state index contributed by atoms with van der Waals surface area (Å²) in [4.78, 5) is 27.0. The van der Waals surface area contributed by atoms with E-state index >= 15 is 4.39 Å². The van der Waals surface area contributed by atoms with E-state index in [0.29, 0.717) is 45.5 Å². The van der Waals surface area contributed by atoms with Crippen LogP contribution in [0.5, 0.6) is 11.8 Å². The first-order valence-electron chi connectivity index (χ1n) is 15.8. The fraction of sp³-hybridized carbons (Fsp3) is 0.371. The Balaban J connectivity index is 1.34. The van der Waals surface area contributed by atoms with Crippen molar-refractivity contribution in [2.24, 2.45) is 0 Å². The third-order valence-corrected chi connectivity index (χ3v) is 10.1. The quantitative estimate of drug-likeness (QED) is 0.227. The molecule has 0 bridgehead atoms. The summed E-state index contributed by atoms with van der Waals surface area (Å²) < 4.78 is 51.4. The zero-order valence-corrected chi connectivity index (χ0v) is 26.7. The average Bonchev–Trinajstić information content (AvgIpc) is 3.59. The molecular formula is C35H32ClF3N6O3. The predicted molar refractivity (Wildman–Crippen MR) is 176 cm³/mol. The summed E-state index contributed by atoms with van der Waals surface area (Å²) in [7, 11) is 0. The first-order valence-corrected chi connectivity index (χ1v) is 16.2. The van der Waals surface area contributed by atoms with E-state index in [4.69, 9.17) is 21.3 Å². The van der Waals surface area contributed by atoms with Gasteiger partial charge >= 0.3 is 6.01 Å². The number of alkyl halides is 1. The van der Waals surface area contributed by atoms with E-state index in [1.165, 1.54) is 11.0 Å². The van der Waals surface area contributed by atoms with Crippen LogP contribution in [0.1, 0.15) is 25.7 Å². The van der Waals surface area contributed by atoms with Crippen molar-refractivity contribution in [3.05, 3.63) is 65.7 Å². The Bertz CT molecular complexity index is 2010. The first kappa shape index (κ1) is 32.0. The lowest BCUT2D eigenvalue weighted by Gasteiger charge is -2.41. The van der Waals surface area contributed by atoms with Crippen LogP contribution in [0, 0.1) is 17.1 Å². The minimum atomic E-state index is -1.12. The van der Waals surface area contributed by atoms with Crippen molar-refractivity contribution in [3.63, 3.8) is 0 Å². The van der Waals surface area contributed by atoms with Crippen LogP contribution in [-0.4, -0.2) is 87.9 Å². The zero-order chi connectivity index (χ0) is 33.7. The fourth-order valence-electron chi connectivity index (χ4n) is 7.62. The number of halogens is 4. The van der Waals surface area contributed by atoms with Gasteiger partial charge in [-0.05, 0) is 54.6 Å². The lowest BCUT2D eigenvalue weighted by atomic mass is 9.95. The van der Waals surface area contributed by atoms with Gasteiger partial charge in [-0.2, -0.15) is 15.2 Å². The number of carbonyl (C=O) groups excluding carboxylic acids is 1. The predicted octanol–water partition coefficient (Wildman–Crippen LogP) is 6.32. The molecule has 0 spiro atoms. The molecule has 13 heteroatoms. The van der Waals surface area contributed by atoms with Crippen LogP contribution in [0.2, 0.25) is 5.02 Å². The number of anilines is 1. The number of benzene rings is 3. The summed E-state index contributed by atoms with van der Waals surface area (Å²) in [5, 5.41) is 21.9. The Morgan fingerprint density at radius 1 is 1.17 bits per heavy atom. The number of hydrogen-bond donors (Lipinski definition) is 1. The van der Waals surface area contributed by atoms with Crippen molar-refractivity contribution in [3.8, 4) is 29.0 Å². The molecular weight excluding hydrogens is 645 g/mol. The van der Waals surface area contributed by atoms with Gasteiger partial charge in [0.1, 0.15) is 29.9 Å². The van der Waals surface area contributed by atoms with E-state index in [1.54, 1.807) is 41.3 Å². The summed E-state index contributed by atoms with van der Waals surface area (Å²) in [5.74, 6) is -2.46. The number of amides is 1. The van der Waals surface area contributed by atoms with Crippen LogP contribution in [0.25, 0.3) is 32.8 Å². The molecule has 48 heavy (non-hydrogen) atoms. The van der Waals surface area contributed by atoms with Crippen LogP contribution in [0.4, 0.5) is 19.0 Å². The second-order valence-corrected chi connectivity index (χ2v) is 13.1. The third-order valence-electron chi connectivity index (χ3n) is 9.80. The zero-order valence-electron chi connectivity index (χ0n) is 25.9. The van der Waals surface area contributed by atoms with E-state index in [9.17, 15) is 23.9 Å². The van der Waals surface area contributed by atoms with E-state index in [-0.39, 0.29) is 55.5 Å². The molecule has 9 nitrogen and oxygen atoms in total. The minimum absolute atomic E-state index is 0.0564. The molecule has 7 rings (SSSR count). The molecule has 0 aliphatic carbocycles. The van der Waals surface area contributed by atoms with Gasteiger partial charge in [0.15, 0.2) is 11.6 Å². The van der Waals surface area contributed by atoms with E-state index < -0.39 is 35.3 Å². The average molecular weight is 677 g/mol. The van der Waals surface area contributed by atoms with Gasteiger partial charge in [0.25, 0.3) is 5.91 Å². The van der Waals surface area contributed by atoms with Crippen LogP contribution < -0.4 is 9.64 Å². The molecule has 3 atom stereocenters. The molecule has 3 aromatic carbocycles. The number of phenols is 1. The number of aromatic nitrogens is 2. The number of fused-ring (bicyclic) bond motifs is 3. The highest BCUT2D eigenvalue weighted by atomic mass is 35.5. The summed E-state index contributed by atoms with van der Waals surface area (Å²) in [6.45, 7) is 4.71. The van der Waals surface area contributed by atoms with Crippen molar-refractivity contribution in [1.29, 1.82) is 5.26 Å². The molecule has 4 aromatic rings. The molecule has 1 aromatic heterocycles. The smallest absolute Gasteiger partial charge is 0.319 e. The number of phenolic OH excluding ortho intramolecular Hbond substituents is 1. The molecule has 0 saturated carbocycles. The minimum Gasteiger partial charge on any atom is -0.508 e. The molecule has 1 amide bonds. The molecule has 3 saturated heterocycles. The van der Waals surface area contributed by atoms with Crippen molar-refractivity contribution in [2.75, 3.05) is 44.2 Å². The monoisotopic (exact) mass is 676 g/mol. The van der Waals surface area contributed by atoms with Crippen LogP contribution in [0.3, 0.4) is 0 Å². The van der Waals surface area contributed by atoms with Crippen molar-refractivity contribution in [1.82, 2.24) is 19.8 Å². The number of rotatable bonds is 7. The largest absolute Gasteiger partial charge is 0.508 e. The van der Waals surface area contributed by atoms with Gasteiger partial charge in [0.05, 0.1) is 24.1 Å². The van der Waals surface area contributed by atoms with Gasteiger partial charge in [-0.3, -0.25) is 9.69 Å². The lowest BCUT2D eigenvalue weighted by molar-refractivity contribution is -0.131. The second kappa shape index (κ2) is 12.5. The van der Waals surface area contributed by atoms with E-state index in [1.807, 2.05) is 0 Å². The second-order valence-electron chi connectivity index (χ2n) is 12.7. The molecule has 1 N–H and O–H groups in total. The molecule has 4 heterocycles. The van der Waals surface area contributed by atoms with Gasteiger partial charge in [0, 0.05) is 54.0 Å². The molecule has 0 radical (unpaired) electrons. The number of piperazine rings is 1. The Kier molecular flexibility index (Phi) is 8.29. The van der Waals surface area contributed by atoms with Crippen LogP contribution in [-0.2, 0) is 4.79 Å². The maximum absolute atomic E-state index is 16.8. The van der Waals surface area contributed by atoms with Gasteiger partial charge in [-0.25, -0.2) is 13.2 Å². The Morgan fingerprint density at radius 3 is 2.79 bits per heavy atom. The Morgan fingerprint density at radius 2 is 2.00 bits per heavy atom. The first-order chi connectivity index (χ1) is 23.1. The number of carbonyl (C=O) groups is 1. The summed E-state index contributed by atoms with van der Waals surface area (Å²) in [6.07, 6.45) is 0.940. The normalized spacial score (nSPS) is 22.6. The highest BCUT2D eigenvalue weighted by Gasteiger charge is 2.49. The van der Waals surface area contributed by atoms with Gasteiger partial charge in [-0.15, -0.1) is 0 Å². The van der Waals surface area contributed by atoms with Crippen molar-refractivity contribution in [2.45, 2.75) is 43.4 Å². The standard InChI is InChI=1S/C35H32ClF3N6O3/c1-20(37)33(47)45-13-12-43(18-23(45)8-10-40)32-26-7-6-25(27-15-24(46)14-21-4-2-5-28(36)29(21)27)30(39)31(26)41-34(42-32)48-19-35-9-3-11-44(35)17-22(38)16-35/h2,4-7,14-15,22-23,46H,1,3,8-9,11-13,16-19H2/t22-,23+,35+/m1/s1. The maximum atomic E-state index is 16.8. The van der Waals surface area contributed by atoms with E-state index in [0.717, 1.165) is 19.4 Å². The number of hydrogen-bond acceptors (Lipinski definition) is 8. The molecule has 3 aliphatic heterocycles. The topological polar surface area (TPSA) is 106 Å². The van der Waals surface area contributed by atoms with E-state index in [2.05, 4.69) is 22.5 Å². The lowest BCUT2D eigenvalue weighted by Crippen LogP contribution is -2.55. The molecule has 248 valence electrons. The van der Waals surface area contributed by atoms with Crippen LogP contribution in [0.15, 0.2) is 54.9 Å². The Labute approximate surface area is 279 Å². The summed E-state index contributed by atoms with van der Waals surface area (Å²) in [6, 6.07) is 12.7. The van der Waals surface area contributed by atoms with Crippen molar-refractivity contribution >= 4 is 45.0 Å². The number of aromatic hydroxyl groups is 1. The molecule has 0 unspecified atom stereocenters. The SMILES string of the molecule is C=C(F)C(=O)N1CCN(c2nc(OC[C@@]34CCCN3C[C@H](F)C4)nc3c(F)c(-c4cc(O)cc5cccc(Cl)c45)ccc23)C[C@@H]1CC#N. The third kappa shape index (κ3) is 5.54. The highest BCUT2D eigenvalue weighted by Crippen LogP contribution is 2.42. The molecule has 3 fully saturated rings. The number of nitriles is 1. The Hall–Kier alpha value is -4.60. The van der Waals surface area contributed by atoms with Gasteiger partial charge in [0.2, 0.25) is 0 Å². The summed E-state index contributed by atoms with van der Waals surface area (Å²) >= 11 is 6.57. The van der Waals surface area contributed by atoms with Crippen LogP contribution >= 0.6 is 11.6 Å². The number of ether oxygens (including phenoxy) is 1. The molecule has 3 aliphatic rings. The van der Waals surface area contributed by atoms with Gasteiger partial charge < -0.3 is 19.6 Å². The van der Waals surface area contributed by atoms with Crippen molar-refractivity contribution < 1.29 is 27.8 Å². The maximum Gasteiger partial charge on any atom is 0.319 e. The summed E-state index contributed by atoms with van der Waals surface area (Å²) in [5.41, 5.74) is -0.0542. The van der Waals surface area contributed by atoms with Gasteiger partial charge in [-0.1, -0.05) is 36.4 Å². The number of nitrogens with zero attached hydrogens (tertiary/aromatic N) is 6. The highest BCUT2D eigenvalue weighted by molar-refractivity contribution is 6.36. The fourth-order valence-corrected chi connectivity index (χ4v) is 7.90.